The second-order valence-corrected chi connectivity index (χ2v) is 8.27. The molecule has 1 aromatic rings. The molecule has 2 rings (SSSR count). The highest BCUT2D eigenvalue weighted by Crippen LogP contribution is 2.26. The summed E-state index contributed by atoms with van der Waals surface area (Å²) in [5.74, 6) is 0.943. The van der Waals surface area contributed by atoms with E-state index < -0.39 is 14.8 Å². The van der Waals surface area contributed by atoms with Crippen LogP contribution < -0.4 is 5.32 Å². The normalized spacial score (nSPS) is 18.2. The SMILES string of the molecule is O=[N+]([O-])c1cccc(Cl)c1CNCCC1CCS(=O)(=O)CC1. The van der Waals surface area contributed by atoms with Gasteiger partial charge in [-0.3, -0.25) is 10.1 Å². The average Bonchev–Trinajstić information content (AvgIpc) is 2.46. The molecular weight excluding hydrogens is 328 g/mol. The van der Waals surface area contributed by atoms with E-state index in [0.717, 1.165) is 6.42 Å². The van der Waals surface area contributed by atoms with E-state index in [0.29, 0.717) is 42.4 Å². The van der Waals surface area contributed by atoms with E-state index >= 15 is 0 Å². The van der Waals surface area contributed by atoms with Crippen LogP contribution in [0.3, 0.4) is 0 Å². The number of benzene rings is 1. The molecule has 1 aliphatic rings. The predicted octanol–water partition coefficient (Wildman–Crippen LogP) is 2.55. The van der Waals surface area contributed by atoms with Crippen molar-refractivity contribution in [1.82, 2.24) is 5.32 Å². The summed E-state index contributed by atoms with van der Waals surface area (Å²) < 4.78 is 22.7. The van der Waals surface area contributed by atoms with Crippen molar-refractivity contribution in [3.8, 4) is 0 Å². The third-order valence-corrected chi connectivity index (χ3v) is 6.07. The lowest BCUT2D eigenvalue weighted by atomic mass is 9.99. The fraction of sp³-hybridized carbons (Fsp3) is 0.571. The van der Waals surface area contributed by atoms with Gasteiger partial charge in [0, 0.05) is 12.6 Å². The first-order valence-electron chi connectivity index (χ1n) is 7.22. The van der Waals surface area contributed by atoms with Gasteiger partial charge in [-0.25, -0.2) is 8.42 Å². The lowest BCUT2D eigenvalue weighted by molar-refractivity contribution is -0.385. The molecule has 0 spiro atoms. The Bertz CT molecular complexity index is 634. The highest BCUT2D eigenvalue weighted by Gasteiger charge is 2.23. The molecule has 1 aliphatic heterocycles. The van der Waals surface area contributed by atoms with Crippen LogP contribution in [0.25, 0.3) is 0 Å². The zero-order chi connectivity index (χ0) is 16.2. The minimum atomic E-state index is -2.82. The number of nitro groups is 1. The predicted molar refractivity (Wildman–Crippen MR) is 85.8 cm³/mol. The van der Waals surface area contributed by atoms with Crippen LogP contribution in [0, 0.1) is 16.0 Å². The number of hydrogen-bond donors (Lipinski definition) is 1. The Balaban J connectivity index is 1.81. The van der Waals surface area contributed by atoms with Gasteiger partial charge in [-0.2, -0.15) is 0 Å². The van der Waals surface area contributed by atoms with E-state index in [1.54, 1.807) is 12.1 Å². The van der Waals surface area contributed by atoms with E-state index in [1.807, 2.05) is 0 Å². The van der Waals surface area contributed by atoms with E-state index in [2.05, 4.69) is 5.32 Å². The van der Waals surface area contributed by atoms with Gasteiger partial charge < -0.3 is 5.32 Å². The van der Waals surface area contributed by atoms with Gasteiger partial charge in [-0.15, -0.1) is 0 Å². The highest BCUT2D eigenvalue weighted by atomic mass is 35.5. The smallest absolute Gasteiger partial charge is 0.275 e. The lowest BCUT2D eigenvalue weighted by Gasteiger charge is -2.21. The molecule has 1 saturated heterocycles. The second-order valence-electron chi connectivity index (χ2n) is 5.56. The molecule has 0 aliphatic carbocycles. The molecule has 1 heterocycles. The van der Waals surface area contributed by atoms with Gasteiger partial charge in [-0.05, 0) is 37.8 Å². The Morgan fingerprint density at radius 2 is 2.00 bits per heavy atom. The number of hydrogen-bond acceptors (Lipinski definition) is 5. The molecule has 0 atom stereocenters. The number of rotatable bonds is 6. The number of nitrogens with zero attached hydrogens (tertiary/aromatic N) is 1. The maximum Gasteiger partial charge on any atom is 0.275 e. The molecule has 0 bridgehead atoms. The van der Waals surface area contributed by atoms with E-state index in [4.69, 9.17) is 11.6 Å². The quantitative estimate of drug-likeness (QED) is 0.485. The number of nitrogens with one attached hydrogen (secondary N) is 1. The van der Waals surface area contributed by atoms with Crippen molar-refractivity contribution in [2.75, 3.05) is 18.1 Å². The molecule has 22 heavy (non-hydrogen) atoms. The van der Waals surface area contributed by atoms with Crippen LogP contribution in [0.2, 0.25) is 5.02 Å². The molecule has 0 radical (unpaired) electrons. The van der Waals surface area contributed by atoms with E-state index in [9.17, 15) is 18.5 Å². The maximum absolute atomic E-state index is 11.4. The molecule has 122 valence electrons. The van der Waals surface area contributed by atoms with Crippen molar-refractivity contribution in [3.63, 3.8) is 0 Å². The van der Waals surface area contributed by atoms with Gasteiger partial charge in [0.1, 0.15) is 9.84 Å². The Morgan fingerprint density at radius 1 is 1.32 bits per heavy atom. The second kappa shape index (κ2) is 7.39. The molecular formula is C14H19ClN2O4S. The summed E-state index contributed by atoms with van der Waals surface area (Å²) in [6, 6.07) is 4.64. The lowest BCUT2D eigenvalue weighted by Crippen LogP contribution is -2.26. The van der Waals surface area contributed by atoms with Crippen LogP contribution in [0.5, 0.6) is 0 Å². The van der Waals surface area contributed by atoms with Crippen molar-refractivity contribution in [2.24, 2.45) is 5.92 Å². The first kappa shape index (κ1) is 17.2. The van der Waals surface area contributed by atoms with Crippen molar-refractivity contribution < 1.29 is 13.3 Å². The maximum atomic E-state index is 11.4. The van der Waals surface area contributed by atoms with Crippen LogP contribution in [0.1, 0.15) is 24.8 Å². The Kier molecular flexibility index (Phi) is 5.77. The van der Waals surface area contributed by atoms with Crippen LogP contribution >= 0.6 is 11.6 Å². The van der Waals surface area contributed by atoms with Gasteiger partial charge in [0.15, 0.2) is 0 Å². The third-order valence-electron chi connectivity index (χ3n) is 4.00. The standard InChI is InChI=1S/C14H19ClN2O4S/c15-13-2-1-3-14(17(18)19)12(13)10-16-7-4-11-5-8-22(20,21)9-6-11/h1-3,11,16H,4-10H2. The summed E-state index contributed by atoms with van der Waals surface area (Å²) in [4.78, 5) is 10.5. The van der Waals surface area contributed by atoms with Gasteiger partial charge in [0.25, 0.3) is 5.69 Å². The van der Waals surface area contributed by atoms with Gasteiger partial charge in [-0.1, -0.05) is 17.7 Å². The highest BCUT2D eigenvalue weighted by molar-refractivity contribution is 7.91. The summed E-state index contributed by atoms with van der Waals surface area (Å²) in [6.07, 6.45) is 2.28. The van der Waals surface area contributed by atoms with E-state index in [1.165, 1.54) is 6.07 Å². The fourth-order valence-electron chi connectivity index (χ4n) is 2.64. The van der Waals surface area contributed by atoms with Crippen molar-refractivity contribution in [3.05, 3.63) is 38.9 Å². The van der Waals surface area contributed by atoms with Gasteiger partial charge in [0.05, 0.1) is 27.0 Å². The summed E-state index contributed by atoms with van der Waals surface area (Å²) in [5.41, 5.74) is 0.504. The molecule has 1 aromatic carbocycles. The molecule has 0 aromatic heterocycles. The molecule has 1 fully saturated rings. The summed E-state index contributed by atoms with van der Waals surface area (Å²) >= 11 is 6.02. The summed E-state index contributed by atoms with van der Waals surface area (Å²) in [5, 5.41) is 14.5. The minimum Gasteiger partial charge on any atom is -0.312 e. The molecule has 1 N–H and O–H groups in total. The molecule has 8 heteroatoms. The van der Waals surface area contributed by atoms with Gasteiger partial charge in [0.2, 0.25) is 0 Å². The average molecular weight is 347 g/mol. The Hall–Kier alpha value is -1.18. The van der Waals surface area contributed by atoms with Crippen LogP contribution in [0.4, 0.5) is 5.69 Å². The van der Waals surface area contributed by atoms with Crippen molar-refractivity contribution >= 4 is 27.1 Å². The van der Waals surface area contributed by atoms with E-state index in [-0.39, 0.29) is 17.2 Å². The summed E-state index contributed by atoms with van der Waals surface area (Å²) in [6.45, 7) is 1.02. The summed E-state index contributed by atoms with van der Waals surface area (Å²) in [7, 11) is -2.82. The van der Waals surface area contributed by atoms with Crippen molar-refractivity contribution in [1.29, 1.82) is 0 Å². The third kappa shape index (κ3) is 4.66. The number of nitro benzene ring substituents is 1. The first-order valence-corrected chi connectivity index (χ1v) is 9.42. The zero-order valence-corrected chi connectivity index (χ0v) is 13.7. The van der Waals surface area contributed by atoms with Crippen LogP contribution in [-0.4, -0.2) is 31.4 Å². The monoisotopic (exact) mass is 346 g/mol. The Labute approximate surface area is 134 Å². The van der Waals surface area contributed by atoms with Crippen molar-refractivity contribution in [2.45, 2.75) is 25.8 Å². The molecule has 6 nitrogen and oxygen atoms in total. The van der Waals surface area contributed by atoms with Crippen LogP contribution in [-0.2, 0) is 16.4 Å². The molecule has 0 saturated carbocycles. The minimum absolute atomic E-state index is 0.0174. The zero-order valence-electron chi connectivity index (χ0n) is 12.1. The Morgan fingerprint density at radius 3 is 2.64 bits per heavy atom. The number of sulfone groups is 1. The molecule has 0 unspecified atom stereocenters. The van der Waals surface area contributed by atoms with Gasteiger partial charge >= 0.3 is 0 Å². The fourth-order valence-corrected chi connectivity index (χ4v) is 4.47. The molecule has 0 amide bonds. The number of halogens is 1. The largest absolute Gasteiger partial charge is 0.312 e. The first-order chi connectivity index (χ1) is 10.4. The topological polar surface area (TPSA) is 89.3 Å². The van der Waals surface area contributed by atoms with Crippen LogP contribution in [0.15, 0.2) is 18.2 Å².